The number of amides is 1. The number of imidazole rings is 1. The van der Waals surface area contributed by atoms with E-state index in [0.29, 0.717) is 26.1 Å². The van der Waals surface area contributed by atoms with Crippen LogP contribution < -0.4 is 11.1 Å². The first-order valence-electron chi connectivity index (χ1n) is 5.81. The lowest BCUT2D eigenvalue weighted by Gasteiger charge is -2.12. The van der Waals surface area contributed by atoms with Crippen molar-refractivity contribution in [2.24, 2.45) is 5.73 Å². The Bertz CT molecular complexity index is 367. The van der Waals surface area contributed by atoms with E-state index in [1.54, 1.807) is 24.2 Å². The van der Waals surface area contributed by atoms with Crippen LogP contribution in [-0.2, 0) is 16.1 Å². The van der Waals surface area contributed by atoms with Crippen LogP contribution in [0, 0.1) is 0 Å². The molecule has 1 amide bonds. The van der Waals surface area contributed by atoms with Gasteiger partial charge < -0.3 is 25.5 Å². The summed E-state index contributed by atoms with van der Waals surface area (Å²) in [4.78, 5) is 15.4. The van der Waals surface area contributed by atoms with Gasteiger partial charge in [0.1, 0.15) is 0 Å². The van der Waals surface area contributed by atoms with Gasteiger partial charge in [-0.2, -0.15) is 0 Å². The molecule has 0 saturated heterocycles. The Morgan fingerprint density at radius 1 is 1.72 bits per heavy atom. The van der Waals surface area contributed by atoms with Crippen molar-refractivity contribution in [3.8, 4) is 0 Å². The van der Waals surface area contributed by atoms with Crippen molar-refractivity contribution in [3.63, 3.8) is 0 Å². The topological polar surface area (TPSA) is 102 Å². The van der Waals surface area contributed by atoms with Crippen molar-refractivity contribution in [2.75, 3.05) is 26.9 Å². The summed E-state index contributed by atoms with van der Waals surface area (Å²) < 4.78 is 6.61. The quantitative estimate of drug-likeness (QED) is 0.519. The van der Waals surface area contributed by atoms with Crippen LogP contribution in [0.15, 0.2) is 12.5 Å². The van der Waals surface area contributed by atoms with E-state index in [9.17, 15) is 4.79 Å². The number of rotatable bonds is 8. The summed E-state index contributed by atoms with van der Waals surface area (Å²) in [5, 5.41) is 11.7. The van der Waals surface area contributed by atoms with Crippen LogP contribution in [0.5, 0.6) is 0 Å². The number of carbonyl (C=O) groups is 1. The summed E-state index contributed by atoms with van der Waals surface area (Å²) in [5.41, 5.74) is 6.44. The number of nitrogens with zero attached hydrogens (tertiary/aromatic N) is 2. The molecular formula is C11H20N4O3. The molecule has 1 atom stereocenters. The molecule has 4 N–H and O–H groups in total. The summed E-state index contributed by atoms with van der Waals surface area (Å²) in [7, 11) is 1.58. The molecule has 1 aromatic rings. The van der Waals surface area contributed by atoms with Crippen LogP contribution in [0.25, 0.3) is 0 Å². The highest BCUT2D eigenvalue weighted by Crippen LogP contribution is 2.09. The number of hydrogen-bond acceptors (Lipinski definition) is 5. The molecule has 0 fully saturated rings. The molecule has 0 spiro atoms. The highest BCUT2D eigenvalue weighted by molar-refractivity contribution is 5.75. The number of hydrogen-bond donors (Lipinski definition) is 3. The molecule has 1 rings (SSSR count). The van der Waals surface area contributed by atoms with E-state index in [4.69, 9.17) is 15.6 Å². The smallest absolute Gasteiger partial charge is 0.221 e. The lowest BCUT2D eigenvalue weighted by molar-refractivity contribution is -0.121. The Labute approximate surface area is 106 Å². The zero-order valence-electron chi connectivity index (χ0n) is 10.5. The third kappa shape index (κ3) is 4.44. The van der Waals surface area contributed by atoms with Crippen LogP contribution in [0.4, 0.5) is 0 Å². The Kier molecular flexibility index (Phi) is 6.34. The van der Waals surface area contributed by atoms with Crippen molar-refractivity contribution in [2.45, 2.75) is 19.0 Å². The number of aryl methyl sites for hydroxylation is 1. The van der Waals surface area contributed by atoms with Gasteiger partial charge in [-0.05, 0) is 0 Å². The number of aromatic nitrogens is 2. The van der Waals surface area contributed by atoms with Crippen molar-refractivity contribution in [1.29, 1.82) is 0 Å². The molecule has 0 aromatic carbocycles. The van der Waals surface area contributed by atoms with E-state index < -0.39 is 6.04 Å². The predicted molar refractivity (Wildman–Crippen MR) is 65.7 cm³/mol. The lowest BCUT2D eigenvalue weighted by atomic mass is 10.2. The van der Waals surface area contributed by atoms with E-state index in [1.165, 1.54) is 0 Å². The monoisotopic (exact) mass is 256 g/mol. The third-order valence-electron chi connectivity index (χ3n) is 2.53. The number of nitrogens with one attached hydrogen (secondary N) is 1. The lowest BCUT2D eigenvalue weighted by Crippen LogP contribution is -2.28. The van der Waals surface area contributed by atoms with Crippen molar-refractivity contribution in [3.05, 3.63) is 18.2 Å². The summed E-state index contributed by atoms with van der Waals surface area (Å²) in [6, 6.07) is -0.468. The van der Waals surface area contributed by atoms with Gasteiger partial charge in [0.15, 0.2) is 0 Å². The molecule has 0 aliphatic rings. The number of aliphatic hydroxyl groups excluding tert-OH is 1. The normalized spacial score (nSPS) is 12.4. The summed E-state index contributed by atoms with van der Waals surface area (Å²) in [5.74, 6) is -0.0516. The van der Waals surface area contributed by atoms with Gasteiger partial charge in [0.05, 0.1) is 31.3 Å². The fourth-order valence-corrected chi connectivity index (χ4v) is 1.52. The van der Waals surface area contributed by atoms with Crippen LogP contribution in [0.3, 0.4) is 0 Å². The van der Waals surface area contributed by atoms with Gasteiger partial charge in [-0.3, -0.25) is 4.79 Å². The number of aliphatic hydroxyl groups is 1. The van der Waals surface area contributed by atoms with Gasteiger partial charge in [-0.25, -0.2) is 4.98 Å². The van der Waals surface area contributed by atoms with Gasteiger partial charge in [0, 0.05) is 32.8 Å². The molecule has 0 bridgehead atoms. The highest BCUT2D eigenvalue weighted by Gasteiger charge is 2.11. The van der Waals surface area contributed by atoms with E-state index >= 15 is 0 Å². The second-order valence-corrected chi connectivity index (χ2v) is 3.89. The van der Waals surface area contributed by atoms with Gasteiger partial charge in [0.25, 0.3) is 0 Å². The minimum atomic E-state index is -0.468. The number of methoxy groups -OCH3 is 1. The summed E-state index contributed by atoms with van der Waals surface area (Å²) in [6.45, 7) is 1.34. The Morgan fingerprint density at radius 2 is 2.50 bits per heavy atom. The Hall–Kier alpha value is -1.44. The molecule has 0 saturated carbocycles. The van der Waals surface area contributed by atoms with Crippen molar-refractivity contribution >= 4 is 5.91 Å². The van der Waals surface area contributed by atoms with Crippen molar-refractivity contribution < 1.29 is 14.6 Å². The zero-order valence-corrected chi connectivity index (χ0v) is 10.5. The second kappa shape index (κ2) is 7.80. The zero-order chi connectivity index (χ0) is 13.4. The summed E-state index contributed by atoms with van der Waals surface area (Å²) in [6.07, 6.45) is 3.54. The largest absolute Gasteiger partial charge is 0.394 e. The maximum Gasteiger partial charge on any atom is 0.221 e. The predicted octanol–water partition coefficient (Wildman–Crippen LogP) is -0.972. The fraction of sp³-hybridized carbons (Fsp3) is 0.636. The van der Waals surface area contributed by atoms with E-state index in [-0.39, 0.29) is 12.5 Å². The number of ether oxygens (including phenoxy) is 1. The first-order valence-corrected chi connectivity index (χ1v) is 5.81. The maximum atomic E-state index is 11.5. The molecule has 102 valence electrons. The SMILES string of the molecule is COCCNC(=O)CCn1cncc1C(N)CO. The van der Waals surface area contributed by atoms with Crippen LogP contribution in [-0.4, -0.2) is 47.4 Å². The maximum absolute atomic E-state index is 11.5. The highest BCUT2D eigenvalue weighted by atomic mass is 16.5. The molecule has 0 aliphatic carbocycles. The molecular weight excluding hydrogens is 236 g/mol. The molecule has 1 heterocycles. The molecule has 1 aromatic heterocycles. The van der Waals surface area contributed by atoms with Gasteiger partial charge >= 0.3 is 0 Å². The minimum absolute atomic E-state index is 0.0516. The Balaban J connectivity index is 2.39. The van der Waals surface area contributed by atoms with E-state index in [1.807, 2.05) is 0 Å². The molecule has 7 heteroatoms. The van der Waals surface area contributed by atoms with E-state index in [0.717, 1.165) is 5.69 Å². The molecule has 18 heavy (non-hydrogen) atoms. The minimum Gasteiger partial charge on any atom is -0.394 e. The van der Waals surface area contributed by atoms with Crippen LogP contribution >= 0.6 is 0 Å². The average Bonchev–Trinajstić information content (AvgIpc) is 2.84. The first-order chi connectivity index (χ1) is 8.69. The third-order valence-corrected chi connectivity index (χ3v) is 2.53. The van der Waals surface area contributed by atoms with Gasteiger partial charge in [0.2, 0.25) is 5.91 Å². The Morgan fingerprint density at radius 3 is 3.17 bits per heavy atom. The van der Waals surface area contributed by atoms with Crippen LogP contribution in [0.1, 0.15) is 18.2 Å². The molecule has 0 aliphatic heterocycles. The van der Waals surface area contributed by atoms with Gasteiger partial charge in [-0.15, -0.1) is 0 Å². The number of nitrogens with two attached hydrogens (primary N) is 1. The van der Waals surface area contributed by atoms with E-state index in [2.05, 4.69) is 10.3 Å². The van der Waals surface area contributed by atoms with Crippen LogP contribution in [0.2, 0.25) is 0 Å². The average molecular weight is 256 g/mol. The van der Waals surface area contributed by atoms with Gasteiger partial charge in [-0.1, -0.05) is 0 Å². The summed E-state index contributed by atoms with van der Waals surface area (Å²) >= 11 is 0. The molecule has 1 unspecified atom stereocenters. The molecule has 7 nitrogen and oxygen atoms in total. The second-order valence-electron chi connectivity index (χ2n) is 3.89. The molecule has 0 radical (unpaired) electrons. The standard InChI is InChI=1S/C11H20N4O3/c1-18-5-3-14-11(17)2-4-15-8-13-6-10(15)9(12)7-16/h6,8-9,16H,2-5,7,12H2,1H3,(H,14,17). The number of carbonyl (C=O) groups excluding carboxylic acids is 1. The van der Waals surface area contributed by atoms with Crippen molar-refractivity contribution in [1.82, 2.24) is 14.9 Å². The first kappa shape index (κ1) is 14.6. The fourth-order valence-electron chi connectivity index (χ4n) is 1.52.